The van der Waals surface area contributed by atoms with E-state index in [9.17, 15) is 0 Å². The van der Waals surface area contributed by atoms with Crippen LogP contribution in [0.15, 0.2) is 52.7 Å². The number of aromatic nitrogens is 3. The molecule has 0 fully saturated rings. The zero-order chi connectivity index (χ0) is 17.4. The second kappa shape index (κ2) is 6.52. The number of halogens is 1. The molecule has 0 amide bonds. The minimum Gasteiger partial charge on any atom is -0.485 e. The average molecular weight is 400 g/mol. The van der Waals surface area contributed by atoms with Gasteiger partial charge in [0.15, 0.2) is 29.1 Å². The molecule has 5 nitrogen and oxygen atoms in total. The van der Waals surface area contributed by atoms with E-state index in [4.69, 9.17) is 14.5 Å². The van der Waals surface area contributed by atoms with Crippen molar-refractivity contribution in [2.24, 2.45) is 0 Å². The molecule has 0 spiro atoms. The first kappa shape index (κ1) is 16.1. The predicted octanol–water partition coefficient (Wildman–Crippen LogP) is 4.67. The molecule has 0 N–H and O–H groups in total. The Hall–Kier alpha value is -2.34. The van der Waals surface area contributed by atoms with Gasteiger partial charge in [-0.2, -0.15) is 0 Å². The van der Waals surface area contributed by atoms with Gasteiger partial charge in [-0.3, -0.25) is 0 Å². The molecule has 4 rings (SSSR count). The maximum Gasteiger partial charge on any atom is 0.190 e. The monoisotopic (exact) mass is 399 g/mol. The third-order valence-corrected chi connectivity index (χ3v) is 4.51. The van der Waals surface area contributed by atoms with E-state index in [0.717, 1.165) is 27.3 Å². The fourth-order valence-electron chi connectivity index (χ4n) is 2.86. The molecule has 1 aliphatic heterocycles. The van der Waals surface area contributed by atoms with Crippen molar-refractivity contribution in [2.45, 2.75) is 26.5 Å². The van der Waals surface area contributed by atoms with E-state index in [0.29, 0.717) is 18.8 Å². The minimum atomic E-state index is -0.270. The van der Waals surface area contributed by atoms with Crippen LogP contribution in [-0.2, 0) is 6.54 Å². The van der Waals surface area contributed by atoms with Gasteiger partial charge in [0, 0.05) is 17.2 Å². The van der Waals surface area contributed by atoms with Crippen molar-refractivity contribution in [3.8, 4) is 11.5 Å². The molecule has 0 bridgehead atoms. The van der Waals surface area contributed by atoms with Crippen molar-refractivity contribution in [3.05, 3.63) is 58.5 Å². The quantitative estimate of drug-likeness (QED) is 0.600. The van der Waals surface area contributed by atoms with Gasteiger partial charge in [-0.25, -0.2) is 9.97 Å². The fraction of sp³-hybridized carbons (Fsp3) is 0.263. The summed E-state index contributed by atoms with van der Waals surface area (Å²) >= 11 is 3.50. The van der Waals surface area contributed by atoms with Crippen LogP contribution >= 0.6 is 15.9 Å². The van der Waals surface area contributed by atoms with E-state index in [-0.39, 0.29) is 6.10 Å². The van der Waals surface area contributed by atoms with E-state index in [1.54, 1.807) is 6.20 Å². The Morgan fingerprint density at radius 2 is 2.12 bits per heavy atom. The summed E-state index contributed by atoms with van der Waals surface area (Å²) in [5, 5.41) is 0. The van der Waals surface area contributed by atoms with Gasteiger partial charge in [0.25, 0.3) is 0 Å². The number of allylic oxidation sites excluding steroid dienone is 2. The highest BCUT2D eigenvalue weighted by Gasteiger charge is 2.27. The van der Waals surface area contributed by atoms with E-state index >= 15 is 0 Å². The van der Waals surface area contributed by atoms with Gasteiger partial charge >= 0.3 is 0 Å². The van der Waals surface area contributed by atoms with Gasteiger partial charge in [-0.05, 0) is 48.0 Å². The predicted molar refractivity (Wildman–Crippen MR) is 100.0 cm³/mol. The zero-order valence-electron chi connectivity index (χ0n) is 14.1. The Morgan fingerprint density at radius 3 is 2.92 bits per heavy atom. The highest BCUT2D eigenvalue weighted by Crippen LogP contribution is 2.36. The first-order valence-corrected chi connectivity index (χ1v) is 8.94. The number of hydrogen-bond donors (Lipinski definition) is 0. The van der Waals surface area contributed by atoms with Crippen LogP contribution in [0.4, 0.5) is 0 Å². The molecule has 25 heavy (non-hydrogen) atoms. The number of hydrogen-bond acceptors (Lipinski definition) is 4. The summed E-state index contributed by atoms with van der Waals surface area (Å²) in [4.78, 5) is 9.16. The molecule has 2 aromatic heterocycles. The van der Waals surface area contributed by atoms with Crippen molar-refractivity contribution in [2.75, 3.05) is 6.61 Å². The third-order valence-electron chi connectivity index (χ3n) is 4.08. The number of para-hydroxylation sites is 2. The molecule has 6 heteroatoms. The lowest BCUT2D eigenvalue weighted by Gasteiger charge is -2.26. The topological polar surface area (TPSA) is 49.2 Å². The Kier molecular flexibility index (Phi) is 4.21. The van der Waals surface area contributed by atoms with Gasteiger partial charge in [0.05, 0.1) is 5.52 Å². The number of ether oxygens (including phenoxy) is 2. The second-order valence-electron chi connectivity index (χ2n) is 6.22. The fourth-order valence-corrected chi connectivity index (χ4v) is 3.18. The second-order valence-corrected chi connectivity index (χ2v) is 7.14. The number of imidazole rings is 1. The van der Waals surface area contributed by atoms with E-state index in [2.05, 4.69) is 45.4 Å². The lowest BCUT2D eigenvalue weighted by molar-refractivity contribution is 0.0831. The summed E-state index contributed by atoms with van der Waals surface area (Å²) in [6, 6.07) is 9.74. The molecule has 1 aliphatic rings. The van der Waals surface area contributed by atoms with E-state index < -0.39 is 0 Å². The van der Waals surface area contributed by atoms with Crippen molar-refractivity contribution >= 4 is 27.1 Å². The van der Waals surface area contributed by atoms with E-state index in [1.165, 1.54) is 5.57 Å². The third kappa shape index (κ3) is 3.14. The van der Waals surface area contributed by atoms with Crippen LogP contribution in [-0.4, -0.2) is 21.1 Å². The molecule has 1 aromatic carbocycles. The smallest absolute Gasteiger partial charge is 0.190 e. The number of rotatable bonds is 3. The highest BCUT2D eigenvalue weighted by atomic mass is 79.9. The van der Waals surface area contributed by atoms with Crippen LogP contribution in [0, 0.1) is 0 Å². The normalized spacial score (nSPS) is 16.0. The summed E-state index contributed by atoms with van der Waals surface area (Å²) in [6.07, 6.45) is 3.66. The van der Waals surface area contributed by atoms with Gasteiger partial charge in [-0.15, -0.1) is 0 Å². The van der Waals surface area contributed by atoms with Gasteiger partial charge in [-0.1, -0.05) is 23.8 Å². The zero-order valence-corrected chi connectivity index (χ0v) is 15.7. The number of fused-ring (bicyclic) bond motifs is 2. The molecule has 0 aliphatic carbocycles. The molecular formula is C19H18BrN3O2. The standard InChI is InChI=1S/C19H18BrN3O2/c1-12(2)7-8-23-14-9-13(20)10-21-18(14)22-19(23)17-11-24-15-5-3-4-6-16(15)25-17/h3-7,9-10,17H,8,11H2,1-2H3. The first-order valence-electron chi connectivity index (χ1n) is 8.15. The Morgan fingerprint density at radius 1 is 1.32 bits per heavy atom. The number of pyridine rings is 1. The molecule has 1 atom stereocenters. The summed E-state index contributed by atoms with van der Waals surface area (Å²) in [5.74, 6) is 2.34. The lowest BCUT2D eigenvalue weighted by Crippen LogP contribution is -2.24. The summed E-state index contributed by atoms with van der Waals surface area (Å²) < 4.78 is 15.1. The Balaban J connectivity index is 1.78. The van der Waals surface area contributed by atoms with E-state index in [1.807, 2.05) is 30.3 Å². The first-order chi connectivity index (χ1) is 12.1. The van der Waals surface area contributed by atoms with Crippen LogP contribution in [0.25, 0.3) is 11.2 Å². The largest absolute Gasteiger partial charge is 0.485 e. The molecule has 0 radical (unpaired) electrons. The number of nitrogens with zero attached hydrogens (tertiary/aromatic N) is 3. The molecule has 3 aromatic rings. The lowest BCUT2D eigenvalue weighted by atomic mass is 10.2. The SMILES string of the molecule is CC(C)=CCn1c(C2COc3ccccc3O2)nc2ncc(Br)cc21. The Labute approximate surface area is 154 Å². The number of benzene rings is 1. The average Bonchev–Trinajstić information content (AvgIpc) is 2.97. The minimum absolute atomic E-state index is 0.270. The van der Waals surface area contributed by atoms with Crippen molar-refractivity contribution in [3.63, 3.8) is 0 Å². The maximum absolute atomic E-state index is 6.16. The molecule has 3 heterocycles. The molecule has 128 valence electrons. The molecular weight excluding hydrogens is 382 g/mol. The maximum atomic E-state index is 6.16. The highest BCUT2D eigenvalue weighted by molar-refractivity contribution is 9.10. The van der Waals surface area contributed by atoms with Gasteiger partial charge in [0.1, 0.15) is 6.61 Å². The summed E-state index contributed by atoms with van der Waals surface area (Å²) in [6.45, 7) is 5.32. The van der Waals surface area contributed by atoms with Crippen LogP contribution in [0.5, 0.6) is 11.5 Å². The summed E-state index contributed by atoms with van der Waals surface area (Å²) in [7, 11) is 0. The van der Waals surface area contributed by atoms with Crippen molar-refractivity contribution in [1.29, 1.82) is 0 Å². The van der Waals surface area contributed by atoms with Crippen LogP contribution in [0.1, 0.15) is 25.8 Å². The van der Waals surface area contributed by atoms with Crippen LogP contribution in [0.3, 0.4) is 0 Å². The van der Waals surface area contributed by atoms with Crippen LogP contribution in [0.2, 0.25) is 0 Å². The molecule has 0 saturated heterocycles. The molecule has 0 saturated carbocycles. The Bertz CT molecular complexity index is 960. The van der Waals surface area contributed by atoms with Crippen molar-refractivity contribution < 1.29 is 9.47 Å². The van der Waals surface area contributed by atoms with Gasteiger partial charge < -0.3 is 14.0 Å². The summed E-state index contributed by atoms with van der Waals surface area (Å²) in [5.41, 5.74) is 2.94. The van der Waals surface area contributed by atoms with Crippen LogP contribution < -0.4 is 9.47 Å². The van der Waals surface area contributed by atoms with Crippen molar-refractivity contribution in [1.82, 2.24) is 14.5 Å². The van der Waals surface area contributed by atoms with Gasteiger partial charge in [0.2, 0.25) is 0 Å². The molecule has 1 unspecified atom stereocenters.